The lowest BCUT2D eigenvalue weighted by Gasteiger charge is -2.45. The van der Waals surface area contributed by atoms with E-state index in [1.165, 1.54) is 16.8 Å². The highest BCUT2D eigenvalue weighted by molar-refractivity contribution is 5.76. The van der Waals surface area contributed by atoms with Crippen LogP contribution in [0, 0.1) is 11.8 Å². The van der Waals surface area contributed by atoms with Gasteiger partial charge in [0.1, 0.15) is 0 Å². The average Bonchev–Trinajstić information content (AvgIpc) is 3.00. The number of para-hydroxylation sites is 2. The SMILES string of the molecule is CCN1C(=CC2C(O)C(C=C3N(C)c4ccccc4C3(C)C)C2O)C=Cc2ccccc21. The van der Waals surface area contributed by atoms with Gasteiger partial charge in [0.15, 0.2) is 0 Å². The smallest absolute Gasteiger partial charge is 0.0717 e. The quantitative estimate of drug-likeness (QED) is 0.744. The van der Waals surface area contributed by atoms with Crippen molar-refractivity contribution in [3.63, 3.8) is 0 Å². The molecule has 2 heterocycles. The van der Waals surface area contributed by atoms with Gasteiger partial charge in [-0.3, -0.25) is 0 Å². The summed E-state index contributed by atoms with van der Waals surface area (Å²) in [6.45, 7) is 7.38. The fraction of sp³-hybridized carbons (Fsp3) is 0.357. The van der Waals surface area contributed by atoms with E-state index in [9.17, 15) is 10.2 Å². The van der Waals surface area contributed by atoms with Crippen LogP contribution < -0.4 is 9.80 Å². The van der Waals surface area contributed by atoms with E-state index in [2.05, 4.69) is 92.2 Å². The summed E-state index contributed by atoms with van der Waals surface area (Å²) in [6, 6.07) is 16.7. The van der Waals surface area contributed by atoms with E-state index in [-0.39, 0.29) is 17.3 Å². The number of fused-ring (bicyclic) bond motifs is 2. The molecule has 1 aliphatic carbocycles. The summed E-state index contributed by atoms with van der Waals surface area (Å²) < 4.78 is 0. The molecule has 2 atom stereocenters. The minimum Gasteiger partial charge on any atom is -0.392 e. The number of rotatable bonds is 3. The van der Waals surface area contributed by atoms with Gasteiger partial charge in [-0.2, -0.15) is 0 Å². The maximum Gasteiger partial charge on any atom is 0.0717 e. The van der Waals surface area contributed by atoms with Crippen molar-refractivity contribution < 1.29 is 10.2 Å². The maximum absolute atomic E-state index is 11.0. The molecule has 32 heavy (non-hydrogen) atoms. The van der Waals surface area contributed by atoms with Gasteiger partial charge < -0.3 is 20.0 Å². The zero-order chi connectivity index (χ0) is 22.6. The molecule has 5 rings (SSSR count). The summed E-state index contributed by atoms with van der Waals surface area (Å²) >= 11 is 0. The predicted octanol–water partition coefficient (Wildman–Crippen LogP) is 4.70. The van der Waals surface area contributed by atoms with Crippen molar-refractivity contribution in [1.29, 1.82) is 0 Å². The van der Waals surface area contributed by atoms with E-state index in [1.54, 1.807) is 0 Å². The molecule has 0 aromatic heterocycles. The van der Waals surface area contributed by atoms with Crippen LogP contribution in [0.15, 0.2) is 78.2 Å². The average molecular weight is 429 g/mol. The van der Waals surface area contributed by atoms with Gasteiger partial charge in [-0.1, -0.05) is 68.5 Å². The molecule has 0 radical (unpaired) electrons. The minimum atomic E-state index is -0.609. The highest BCUT2D eigenvalue weighted by Gasteiger charge is 2.49. The number of aliphatic hydroxyl groups excluding tert-OH is 2. The number of hydrogen-bond donors (Lipinski definition) is 2. The van der Waals surface area contributed by atoms with Crippen molar-refractivity contribution in [2.75, 3.05) is 23.4 Å². The molecule has 0 spiro atoms. The van der Waals surface area contributed by atoms with Crippen LogP contribution >= 0.6 is 0 Å². The van der Waals surface area contributed by atoms with Crippen molar-refractivity contribution in [2.24, 2.45) is 11.8 Å². The first kappa shape index (κ1) is 21.0. The van der Waals surface area contributed by atoms with Crippen LogP contribution in [0.4, 0.5) is 11.4 Å². The summed E-state index contributed by atoms with van der Waals surface area (Å²) in [5, 5.41) is 22.1. The number of benzene rings is 2. The molecular weight excluding hydrogens is 396 g/mol. The Bertz CT molecular complexity index is 1120. The van der Waals surface area contributed by atoms with Crippen molar-refractivity contribution >= 4 is 17.5 Å². The lowest BCUT2D eigenvalue weighted by atomic mass is 9.67. The number of hydrogen-bond acceptors (Lipinski definition) is 4. The Hall–Kier alpha value is -2.82. The van der Waals surface area contributed by atoms with Gasteiger partial charge in [0.25, 0.3) is 0 Å². The van der Waals surface area contributed by atoms with E-state index in [0.717, 1.165) is 23.6 Å². The first-order chi connectivity index (χ1) is 15.3. The number of nitrogens with zero attached hydrogens (tertiary/aromatic N) is 2. The topological polar surface area (TPSA) is 46.9 Å². The Balaban J connectivity index is 1.41. The second-order valence-electron chi connectivity index (χ2n) is 9.62. The largest absolute Gasteiger partial charge is 0.392 e. The van der Waals surface area contributed by atoms with Gasteiger partial charge in [-0.25, -0.2) is 0 Å². The molecule has 3 aliphatic rings. The second kappa shape index (κ2) is 7.65. The van der Waals surface area contributed by atoms with E-state index in [0.29, 0.717) is 0 Å². The molecule has 2 aromatic rings. The highest BCUT2D eigenvalue weighted by Crippen LogP contribution is 2.49. The fourth-order valence-corrected chi connectivity index (χ4v) is 5.62. The molecule has 0 bridgehead atoms. The van der Waals surface area contributed by atoms with Crippen molar-refractivity contribution in [3.05, 3.63) is 89.3 Å². The highest BCUT2D eigenvalue weighted by atomic mass is 16.3. The molecule has 2 N–H and O–H groups in total. The van der Waals surface area contributed by atoms with Crippen LogP contribution in [0.3, 0.4) is 0 Å². The molecule has 4 heteroatoms. The van der Waals surface area contributed by atoms with Crippen molar-refractivity contribution in [3.8, 4) is 0 Å². The van der Waals surface area contributed by atoms with Crippen LogP contribution in [0.25, 0.3) is 6.08 Å². The third-order valence-electron chi connectivity index (χ3n) is 7.52. The van der Waals surface area contributed by atoms with Gasteiger partial charge in [-0.15, -0.1) is 0 Å². The normalized spacial score (nSPS) is 30.4. The molecule has 1 fully saturated rings. The minimum absolute atomic E-state index is 0.164. The summed E-state index contributed by atoms with van der Waals surface area (Å²) in [7, 11) is 2.07. The van der Waals surface area contributed by atoms with E-state index < -0.39 is 12.2 Å². The summed E-state index contributed by atoms with van der Waals surface area (Å²) in [6.07, 6.45) is 7.11. The van der Waals surface area contributed by atoms with Crippen LogP contribution in [0.5, 0.6) is 0 Å². The Morgan fingerprint density at radius 3 is 2.19 bits per heavy atom. The van der Waals surface area contributed by atoms with Gasteiger partial charge >= 0.3 is 0 Å². The standard InChI is InChI=1S/C28H32N2O2/c1-5-30-19(15-14-18-10-6-8-12-23(18)30)16-20-26(31)21(27(20)32)17-25-28(2,3)22-11-7-9-13-24(22)29(25)4/h6-17,20-21,26-27,31-32H,5H2,1-4H3. The van der Waals surface area contributed by atoms with Gasteiger partial charge in [0.2, 0.25) is 0 Å². The van der Waals surface area contributed by atoms with Crippen molar-refractivity contribution in [1.82, 2.24) is 0 Å². The number of allylic oxidation sites excluding steroid dienone is 2. The van der Waals surface area contributed by atoms with Crippen LogP contribution in [-0.4, -0.2) is 36.0 Å². The third kappa shape index (κ3) is 3.05. The fourth-order valence-electron chi connectivity index (χ4n) is 5.62. The lowest BCUT2D eigenvalue weighted by Crippen LogP contribution is -2.54. The van der Waals surface area contributed by atoms with Crippen LogP contribution in [0.2, 0.25) is 0 Å². The van der Waals surface area contributed by atoms with Crippen molar-refractivity contribution in [2.45, 2.75) is 38.4 Å². The molecule has 2 unspecified atom stereocenters. The first-order valence-corrected chi connectivity index (χ1v) is 11.5. The first-order valence-electron chi connectivity index (χ1n) is 11.5. The maximum atomic E-state index is 11.0. The van der Waals surface area contributed by atoms with Crippen LogP contribution in [0.1, 0.15) is 31.9 Å². The van der Waals surface area contributed by atoms with Gasteiger partial charge in [0.05, 0.1) is 12.2 Å². The summed E-state index contributed by atoms with van der Waals surface area (Å²) in [5.41, 5.74) is 6.83. The predicted molar refractivity (Wildman–Crippen MR) is 132 cm³/mol. The number of likely N-dealkylation sites (N-methyl/N-ethyl adjacent to an activating group) is 2. The summed E-state index contributed by atoms with van der Waals surface area (Å²) in [4.78, 5) is 4.44. The summed E-state index contributed by atoms with van der Waals surface area (Å²) in [5.74, 6) is -0.564. The number of anilines is 2. The zero-order valence-electron chi connectivity index (χ0n) is 19.2. The lowest BCUT2D eigenvalue weighted by molar-refractivity contribution is -0.111. The van der Waals surface area contributed by atoms with Gasteiger partial charge in [0, 0.05) is 53.6 Å². The molecule has 4 nitrogen and oxygen atoms in total. The van der Waals surface area contributed by atoms with E-state index >= 15 is 0 Å². The molecular formula is C28H32N2O2. The number of aliphatic hydroxyl groups is 2. The van der Waals surface area contributed by atoms with E-state index in [4.69, 9.17) is 0 Å². The Kier molecular flexibility index (Phi) is 5.03. The Morgan fingerprint density at radius 1 is 0.875 bits per heavy atom. The monoisotopic (exact) mass is 428 g/mol. The van der Waals surface area contributed by atoms with Crippen LogP contribution in [-0.2, 0) is 5.41 Å². The molecule has 2 aliphatic heterocycles. The molecule has 166 valence electrons. The molecule has 1 saturated carbocycles. The Labute approximate surface area is 190 Å². The van der Waals surface area contributed by atoms with E-state index in [1.807, 2.05) is 18.2 Å². The molecule has 2 aromatic carbocycles. The third-order valence-corrected chi connectivity index (χ3v) is 7.52. The van der Waals surface area contributed by atoms with Gasteiger partial charge in [-0.05, 0) is 36.3 Å². The zero-order valence-corrected chi connectivity index (χ0v) is 19.2. The Morgan fingerprint density at radius 2 is 1.50 bits per heavy atom. The second-order valence-corrected chi connectivity index (χ2v) is 9.62. The molecule has 0 saturated heterocycles. The molecule has 0 amide bonds.